The number of halogens is 1. The van der Waals surface area contributed by atoms with Gasteiger partial charge in [-0.2, -0.15) is 0 Å². The van der Waals surface area contributed by atoms with Crippen LogP contribution in [0.25, 0.3) is 0 Å². The number of carbonyl (C=O) groups is 1. The van der Waals surface area contributed by atoms with E-state index in [1.807, 2.05) is 36.4 Å². The molecule has 1 aliphatic rings. The van der Waals surface area contributed by atoms with Crippen LogP contribution in [-0.4, -0.2) is 18.0 Å². The molecule has 1 fully saturated rings. The number of hydrogen-bond donors (Lipinski definition) is 1. The van der Waals surface area contributed by atoms with Gasteiger partial charge in [-0.25, -0.2) is 4.79 Å². The Hall–Kier alpha value is -2.07. The van der Waals surface area contributed by atoms with Crippen LogP contribution in [0.3, 0.4) is 0 Å². The Labute approximate surface area is 176 Å². The molecule has 1 aliphatic carbocycles. The first-order chi connectivity index (χ1) is 13.9. The maximum atomic E-state index is 14.0. The molecular weight excluding hydrogens is 409 g/mol. The number of hydrogen-bond acceptors (Lipinski definition) is 4. The molecule has 5 nitrogen and oxygen atoms in total. The zero-order valence-electron chi connectivity index (χ0n) is 16.3. The molecule has 29 heavy (non-hydrogen) atoms. The van der Waals surface area contributed by atoms with Gasteiger partial charge in [0.05, 0.1) is 12.8 Å². The Bertz CT molecular complexity index is 920. The first kappa shape index (κ1) is 21.6. The molecule has 2 aromatic carbocycles. The monoisotopic (exact) mass is 433 g/mol. The van der Waals surface area contributed by atoms with Crippen molar-refractivity contribution in [1.29, 1.82) is 0 Å². The van der Waals surface area contributed by atoms with Crippen molar-refractivity contribution in [2.24, 2.45) is 5.92 Å². The molecule has 0 heterocycles. The Morgan fingerprint density at radius 1 is 1.28 bits per heavy atom. The Kier molecular flexibility index (Phi) is 6.84. The molecule has 3 rings (SSSR count). The van der Waals surface area contributed by atoms with E-state index in [0.29, 0.717) is 11.4 Å². The molecule has 3 atom stereocenters. The Balaban J connectivity index is 1.78. The summed E-state index contributed by atoms with van der Waals surface area (Å²) in [6.07, 6.45) is 1.75. The molecule has 1 N–H and O–H groups in total. The number of amides is 1. The van der Waals surface area contributed by atoms with E-state index in [9.17, 15) is 9.36 Å². The fourth-order valence-electron chi connectivity index (χ4n) is 3.50. The van der Waals surface area contributed by atoms with Crippen molar-refractivity contribution in [2.75, 3.05) is 6.61 Å². The molecule has 0 radical (unpaired) electrons. The second-order valence-electron chi connectivity index (χ2n) is 7.04. The third-order valence-corrected chi connectivity index (χ3v) is 8.56. The summed E-state index contributed by atoms with van der Waals surface area (Å²) in [6.45, 7) is 6.01. The molecule has 2 aromatic rings. The average molecular weight is 434 g/mol. The fraction of sp³-hybridized carbons (Fsp3) is 0.318. The molecule has 0 aliphatic heterocycles. The normalized spacial score (nSPS) is 22.3. The van der Waals surface area contributed by atoms with Gasteiger partial charge in [0.2, 0.25) is 7.37 Å². The van der Waals surface area contributed by atoms with Gasteiger partial charge in [0.1, 0.15) is 11.9 Å². The molecule has 7 heteroatoms. The molecule has 154 valence electrons. The van der Waals surface area contributed by atoms with Crippen LogP contribution >= 0.6 is 19.0 Å². The smallest absolute Gasteiger partial charge is 0.408 e. The molecule has 0 aromatic heterocycles. The van der Waals surface area contributed by atoms with Crippen LogP contribution in [0.1, 0.15) is 24.5 Å². The largest absolute Gasteiger partial charge is 0.445 e. The summed E-state index contributed by atoms with van der Waals surface area (Å²) < 4.78 is 25.1. The van der Waals surface area contributed by atoms with Crippen LogP contribution < -0.4 is 5.32 Å². The van der Waals surface area contributed by atoms with E-state index in [1.54, 1.807) is 31.2 Å². The number of rotatable bonds is 9. The minimum atomic E-state index is -3.32. The van der Waals surface area contributed by atoms with Gasteiger partial charge in [-0.3, -0.25) is 4.57 Å². The van der Waals surface area contributed by atoms with Crippen molar-refractivity contribution >= 4 is 25.1 Å². The molecular formula is C22H25ClNO4P. The van der Waals surface area contributed by atoms with Gasteiger partial charge in [-0.15, -0.1) is 6.58 Å². The van der Waals surface area contributed by atoms with E-state index in [2.05, 4.69) is 11.9 Å². The molecule has 1 amide bonds. The van der Waals surface area contributed by atoms with E-state index in [-0.39, 0.29) is 25.3 Å². The maximum absolute atomic E-state index is 14.0. The highest BCUT2D eigenvalue weighted by molar-refractivity contribution is 7.60. The van der Waals surface area contributed by atoms with Gasteiger partial charge >= 0.3 is 6.09 Å². The molecule has 0 saturated heterocycles. The fourth-order valence-corrected chi connectivity index (χ4v) is 6.76. The number of carbonyl (C=O) groups excluding carboxylic acids is 1. The number of nitrogens with one attached hydrogen (secondary N) is 1. The maximum Gasteiger partial charge on any atom is 0.408 e. The summed E-state index contributed by atoms with van der Waals surface area (Å²) in [5.74, 6) is -0.150. The standard InChI is InChI=1S/C22H25ClNO4P/c1-3-19-14-22(19,24-21(25)27-15-17-9-6-5-7-10-17)29(26,28-4-2)16-18-11-8-12-20(23)13-18/h3,5-13,19H,1,4,14-16H2,2H3,(H,24,25). The third-order valence-electron chi connectivity index (χ3n) is 5.03. The number of benzene rings is 2. The third kappa shape index (κ3) is 4.92. The molecule has 0 spiro atoms. The van der Waals surface area contributed by atoms with Crippen LogP contribution in [0, 0.1) is 5.92 Å². The second kappa shape index (κ2) is 9.17. The van der Waals surface area contributed by atoms with Crippen molar-refractivity contribution in [3.05, 3.63) is 83.4 Å². The van der Waals surface area contributed by atoms with E-state index < -0.39 is 18.7 Å². The van der Waals surface area contributed by atoms with Gasteiger partial charge in [-0.1, -0.05) is 60.1 Å². The number of ether oxygens (including phenoxy) is 1. The zero-order valence-corrected chi connectivity index (χ0v) is 18.0. The molecule has 0 bridgehead atoms. The van der Waals surface area contributed by atoms with E-state index in [1.165, 1.54) is 0 Å². The van der Waals surface area contributed by atoms with Crippen LogP contribution in [0.2, 0.25) is 5.02 Å². The number of alkyl carbamates (subject to hydrolysis) is 1. The highest BCUT2D eigenvalue weighted by Crippen LogP contribution is 2.73. The van der Waals surface area contributed by atoms with Crippen molar-refractivity contribution in [3.63, 3.8) is 0 Å². The van der Waals surface area contributed by atoms with Crippen molar-refractivity contribution < 1.29 is 18.6 Å². The van der Waals surface area contributed by atoms with Crippen LogP contribution in [-0.2, 0) is 26.6 Å². The second-order valence-corrected chi connectivity index (χ2v) is 10.2. The Morgan fingerprint density at radius 3 is 2.62 bits per heavy atom. The van der Waals surface area contributed by atoms with E-state index in [0.717, 1.165) is 11.1 Å². The van der Waals surface area contributed by atoms with Crippen LogP contribution in [0.15, 0.2) is 67.3 Å². The van der Waals surface area contributed by atoms with Crippen molar-refractivity contribution in [2.45, 2.75) is 31.4 Å². The predicted molar refractivity (Wildman–Crippen MR) is 115 cm³/mol. The lowest BCUT2D eigenvalue weighted by atomic mass is 10.2. The summed E-state index contributed by atoms with van der Waals surface area (Å²) in [5.41, 5.74) is 1.67. The van der Waals surface area contributed by atoms with Gasteiger partial charge in [0, 0.05) is 10.9 Å². The predicted octanol–water partition coefficient (Wildman–Crippen LogP) is 5.98. The first-order valence-corrected chi connectivity index (χ1v) is 11.7. The van der Waals surface area contributed by atoms with Crippen LogP contribution in [0.4, 0.5) is 4.79 Å². The van der Waals surface area contributed by atoms with Crippen molar-refractivity contribution in [1.82, 2.24) is 5.32 Å². The van der Waals surface area contributed by atoms with Gasteiger partial charge in [-0.05, 0) is 36.6 Å². The lowest BCUT2D eigenvalue weighted by Gasteiger charge is -2.29. The lowest BCUT2D eigenvalue weighted by Crippen LogP contribution is -2.39. The summed E-state index contributed by atoms with van der Waals surface area (Å²) in [6, 6.07) is 16.6. The van der Waals surface area contributed by atoms with Crippen molar-refractivity contribution in [3.8, 4) is 0 Å². The lowest BCUT2D eigenvalue weighted by molar-refractivity contribution is 0.136. The first-order valence-electron chi connectivity index (χ1n) is 9.52. The van der Waals surface area contributed by atoms with Gasteiger partial charge in [0.15, 0.2) is 0 Å². The summed E-state index contributed by atoms with van der Waals surface area (Å²) in [4.78, 5) is 12.5. The highest BCUT2D eigenvalue weighted by atomic mass is 35.5. The summed E-state index contributed by atoms with van der Waals surface area (Å²) >= 11 is 6.08. The minimum Gasteiger partial charge on any atom is -0.445 e. The van der Waals surface area contributed by atoms with E-state index in [4.69, 9.17) is 20.9 Å². The van der Waals surface area contributed by atoms with E-state index >= 15 is 0 Å². The molecule has 1 saturated carbocycles. The quantitative estimate of drug-likeness (QED) is 0.390. The summed E-state index contributed by atoms with van der Waals surface area (Å²) in [5, 5.41) is 2.39. The zero-order chi connectivity index (χ0) is 20.9. The highest BCUT2D eigenvalue weighted by Gasteiger charge is 2.66. The minimum absolute atomic E-state index is 0.134. The van der Waals surface area contributed by atoms with Gasteiger partial charge < -0.3 is 14.6 Å². The Morgan fingerprint density at radius 2 is 2.00 bits per heavy atom. The summed E-state index contributed by atoms with van der Waals surface area (Å²) in [7, 11) is -3.32. The average Bonchev–Trinajstić information content (AvgIpc) is 3.42. The van der Waals surface area contributed by atoms with Crippen LogP contribution in [0.5, 0.6) is 0 Å². The van der Waals surface area contributed by atoms with Gasteiger partial charge in [0.25, 0.3) is 0 Å². The molecule has 3 unspecified atom stereocenters. The SMILES string of the molecule is C=CC1CC1(NC(=O)OCc1ccccc1)P(=O)(Cc1cccc(Cl)c1)OCC. The topological polar surface area (TPSA) is 64.6 Å².